The second kappa shape index (κ2) is 3.72. The molecule has 0 unspecified atom stereocenters. The van der Waals surface area contributed by atoms with Crippen LogP contribution >= 0.6 is 11.3 Å². The summed E-state index contributed by atoms with van der Waals surface area (Å²) in [6.45, 7) is 0. The minimum Gasteiger partial charge on any atom is -0.464 e. The van der Waals surface area contributed by atoms with Gasteiger partial charge in [0.15, 0.2) is 0 Å². The molecule has 0 aliphatic rings. The second-order valence-corrected chi connectivity index (χ2v) is 2.81. The highest BCUT2D eigenvalue weighted by Gasteiger charge is 2.05. The molecule has 5 nitrogen and oxygen atoms in total. The highest BCUT2D eigenvalue weighted by Crippen LogP contribution is 2.06. The van der Waals surface area contributed by atoms with Crippen LogP contribution in [-0.2, 0) is 0 Å². The molecule has 1 aromatic heterocycles. The van der Waals surface area contributed by atoms with Crippen LogP contribution in [0.1, 0.15) is 9.67 Å². The van der Waals surface area contributed by atoms with Crippen LogP contribution in [-0.4, -0.2) is 17.1 Å². The Morgan fingerprint density at radius 2 is 2.17 bits per heavy atom. The van der Waals surface area contributed by atoms with Crippen molar-refractivity contribution in [3.63, 3.8) is 0 Å². The van der Waals surface area contributed by atoms with Crippen molar-refractivity contribution in [3.05, 3.63) is 22.4 Å². The fourth-order valence-corrected chi connectivity index (χ4v) is 1.20. The Balaban J connectivity index is 2.45. The number of carboxylic acid groups (broad SMARTS) is 1. The predicted molar refractivity (Wildman–Crippen MR) is 42.9 cm³/mol. The Kier molecular flexibility index (Phi) is 2.65. The van der Waals surface area contributed by atoms with Gasteiger partial charge in [-0.05, 0) is 11.4 Å². The molecule has 0 bridgehead atoms. The van der Waals surface area contributed by atoms with E-state index in [1.807, 2.05) is 5.43 Å². The van der Waals surface area contributed by atoms with Crippen molar-refractivity contribution in [2.45, 2.75) is 0 Å². The molecule has 64 valence electrons. The number of hydrazine groups is 1. The lowest BCUT2D eigenvalue weighted by Gasteiger charge is -2.00. The van der Waals surface area contributed by atoms with Crippen LogP contribution in [0.15, 0.2) is 17.5 Å². The normalized spacial score (nSPS) is 9.00. The molecule has 0 saturated carbocycles. The van der Waals surface area contributed by atoms with Crippen LogP contribution in [0.3, 0.4) is 0 Å². The zero-order chi connectivity index (χ0) is 8.97. The summed E-state index contributed by atoms with van der Waals surface area (Å²) < 4.78 is 0. The van der Waals surface area contributed by atoms with Crippen LogP contribution in [0, 0.1) is 0 Å². The van der Waals surface area contributed by atoms with Gasteiger partial charge in [0, 0.05) is 0 Å². The molecule has 0 aliphatic heterocycles. The van der Waals surface area contributed by atoms with Gasteiger partial charge < -0.3 is 5.11 Å². The molecule has 6 heteroatoms. The fraction of sp³-hybridized carbons (Fsp3) is 0. The van der Waals surface area contributed by atoms with Gasteiger partial charge in [0.05, 0.1) is 4.88 Å². The van der Waals surface area contributed by atoms with E-state index in [9.17, 15) is 9.59 Å². The minimum atomic E-state index is -1.29. The summed E-state index contributed by atoms with van der Waals surface area (Å²) in [6.07, 6.45) is -1.29. The lowest BCUT2D eigenvalue weighted by Crippen LogP contribution is -2.40. The molecule has 2 amide bonds. The van der Waals surface area contributed by atoms with Crippen molar-refractivity contribution < 1.29 is 14.7 Å². The zero-order valence-electron chi connectivity index (χ0n) is 5.90. The third-order valence-corrected chi connectivity index (χ3v) is 1.90. The van der Waals surface area contributed by atoms with E-state index in [0.717, 1.165) is 0 Å². The van der Waals surface area contributed by atoms with Gasteiger partial charge in [-0.2, -0.15) is 0 Å². The number of nitrogens with one attached hydrogen (secondary N) is 2. The SMILES string of the molecule is O=C(O)NNC(=O)c1cccs1. The highest BCUT2D eigenvalue weighted by atomic mass is 32.1. The third-order valence-electron chi connectivity index (χ3n) is 1.03. The van der Waals surface area contributed by atoms with E-state index < -0.39 is 12.0 Å². The van der Waals surface area contributed by atoms with E-state index in [2.05, 4.69) is 0 Å². The summed E-state index contributed by atoms with van der Waals surface area (Å²) >= 11 is 1.24. The number of amides is 2. The van der Waals surface area contributed by atoms with Crippen molar-refractivity contribution in [2.75, 3.05) is 0 Å². The van der Waals surface area contributed by atoms with E-state index in [0.29, 0.717) is 4.88 Å². The minimum absolute atomic E-state index is 0.451. The average molecular weight is 186 g/mol. The number of hydrogen-bond acceptors (Lipinski definition) is 3. The molecule has 3 N–H and O–H groups in total. The van der Waals surface area contributed by atoms with E-state index in [1.54, 1.807) is 22.9 Å². The molecule has 1 heterocycles. The molecule has 0 saturated heterocycles. The highest BCUT2D eigenvalue weighted by molar-refractivity contribution is 7.12. The molecule has 0 fully saturated rings. The van der Waals surface area contributed by atoms with E-state index in [1.165, 1.54) is 11.3 Å². The molecule has 0 radical (unpaired) electrons. The Morgan fingerprint density at radius 3 is 2.67 bits per heavy atom. The Labute approximate surface area is 72.0 Å². The Hall–Kier alpha value is -1.56. The zero-order valence-corrected chi connectivity index (χ0v) is 6.72. The molecule has 0 aliphatic carbocycles. The first-order valence-corrected chi connectivity index (χ1v) is 3.91. The summed E-state index contributed by atoms with van der Waals surface area (Å²) in [5.74, 6) is -0.451. The summed E-state index contributed by atoms with van der Waals surface area (Å²) in [7, 11) is 0. The van der Waals surface area contributed by atoms with Crippen molar-refractivity contribution >= 4 is 23.3 Å². The van der Waals surface area contributed by atoms with Crippen LogP contribution in [0.4, 0.5) is 4.79 Å². The van der Waals surface area contributed by atoms with Gasteiger partial charge >= 0.3 is 6.09 Å². The maximum Gasteiger partial charge on any atom is 0.423 e. The monoisotopic (exact) mass is 186 g/mol. The van der Waals surface area contributed by atoms with E-state index in [4.69, 9.17) is 5.11 Å². The molecule has 1 rings (SSSR count). The first kappa shape index (κ1) is 8.54. The summed E-state index contributed by atoms with van der Waals surface area (Å²) in [5, 5.41) is 9.87. The lowest BCUT2D eigenvalue weighted by atomic mass is 10.5. The van der Waals surface area contributed by atoms with Crippen LogP contribution in [0.25, 0.3) is 0 Å². The number of hydrogen-bond donors (Lipinski definition) is 3. The average Bonchev–Trinajstić information content (AvgIpc) is 2.51. The van der Waals surface area contributed by atoms with E-state index >= 15 is 0 Å². The van der Waals surface area contributed by atoms with Crippen LogP contribution in [0.5, 0.6) is 0 Å². The molecule has 1 aromatic rings. The summed E-state index contributed by atoms with van der Waals surface area (Å²) in [5.41, 5.74) is 3.76. The molecule has 0 spiro atoms. The Morgan fingerprint density at radius 1 is 1.42 bits per heavy atom. The predicted octanol–water partition coefficient (Wildman–Crippen LogP) is 0.660. The number of carbonyl (C=O) groups excluding carboxylic acids is 1. The standard InChI is InChI=1S/C6H6N2O3S/c9-5(7-8-6(10)11)4-2-1-3-12-4/h1-3,8H,(H,7,9)(H,10,11). The van der Waals surface area contributed by atoms with Crippen LogP contribution in [0.2, 0.25) is 0 Å². The van der Waals surface area contributed by atoms with Crippen LogP contribution < -0.4 is 10.9 Å². The molecular weight excluding hydrogens is 180 g/mol. The lowest BCUT2D eigenvalue weighted by molar-refractivity contribution is 0.0930. The van der Waals surface area contributed by atoms with Gasteiger partial charge in [-0.1, -0.05) is 6.07 Å². The molecular formula is C6H6N2O3S. The number of thiophene rings is 1. The largest absolute Gasteiger partial charge is 0.464 e. The Bertz CT molecular complexity index is 283. The maximum absolute atomic E-state index is 11.0. The summed E-state index contributed by atoms with van der Waals surface area (Å²) in [4.78, 5) is 21.4. The fourth-order valence-electron chi connectivity index (χ4n) is 0.580. The van der Waals surface area contributed by atoms with Gasteiger partial charge in [-0.3, -0.25) is 10.2 Å². The number of rotatable bonds is 1. The van der Waals surface area contributed by atoms with Crippen molar-refractivity contribution in [2.24, 2.45) is 0 Å². The smallest absolute Gasteiger partial charge is 0.423 e. The van der Waals surface area contributed by atoms with Gasteiger partial charge in [0.1, 0.15) is 0 Å². The van der Waals surface area contributed by atoms with Gasteiger partial charge in [-0.25, -0.2) is 10.2 Å². The van der Waals surface area contributed by atoms with Crippen molar-refractivity contribution in [3.8, 4) is 0 Å². The molecule has 0 aromatic carbocycles. The van der Waals surface area contributed by atoms with E-state index in [-0.39, 0.29) is 0 Å². The molecule has 0 atom stereocenters. The third kappa shape index (κ3) is 2.24. The first-order valence-electron chi connectivity index (χ1n) is 3.03. The molecule has 12 heavy (non-hydrogen) atoms. The quantitative estimate of drug-likeness (QED) is 0.564. The summed E-state index contributed by atoms with van der Waals surface area (Å²) in [6, 6.07) is 3.31. The van der Waals surface area contributed by atoms with Gasteiger partial charge in [0.2, 0.25) is 0 Å². The van der Waals surface area contributed by atoms with Gasteiger partial charge in [0.25, 0.3) is 5.91 Å². The first-order chi connectivity index (χ1) is 5.70. The number of carbonyl (C=O) groups is 2. The second-order valence-electron chi connectivity index (χ2n) is 1.86. The van der Waals surface area contributed by atoms with Gasteiger partial charge in [-0.15, -0.1) is 11.3 Å². The van der Waals surface area contributed by atoms with Crippen molar-refractivity contribution in [1.82, 2.24) is 10.9 Å². The van der Waals surface area contributed by atoms with Crippen molar-refractivity contribution in [1.29, 1.82) is 0 Å². The maximum atomic E-state index is 11.0. The topological polar surface area (TPSA) is 78.4 Å².